The van der Waals surface area contributed by atoms with Crippen molar-refractivity contribution in [2.45, 2.75) is 11.8 Å². The Bertz CT molecular complexity index is 734. The van der Waals surface area contributed by atoms with Crippen LogP contribution in [0.1, 0.15) is 15.9 Å². The van der Waals surface area contributed by atoms with Crippen LogP contribution in [0, 0.1) is 22.9 Å². The predicted molar refractivity (Wildman–Crippen MR) is 79.4 cm³/mol. The van der Waals surface area contributed by atoms with Gasteiger partial charge >= 0.3 is 0 Å². The van der Waals surface area contributed by atoms with E-state index in [1.165, 1.54) is 30.3 Å². The monoisotopic (exact) mass is 306 g/mol. The van der Waals surface area contributed by atoms with Gasteiger partial charge in [0.05, 0.1) is 10.5 Å². The quantitative estimate of drug-likeness (QED) is 0.517. The summed E-state index contributed by atoms with van der Waals surface area (Å²) in [5, 5.41) is 13.3. The number of nitrogens with one attached hydrogen (secondary N) is 1. The molecular formula is C14H11FN2O3S. The molecule has 2 aromatic carbocycles. The first kappa shape index (κ1) is 15.0. The molecule has 0 aliphatic heterocycles. The number of anilines is 1. The number of carbonyl (C=O) groups is 1. The lowest BCUT2D eigenvalue weighted by atomic mass is 10.1. The smallest absolute Gasteiger partial charge is 0.274 e. The van der Waals surface area contributed by atoms with Crippen molar-refractivity contribution in [3.8, 4) is 0 Å². The fourth-order valence-corrected chi connectivity index (χ4v) is 1.97. The molecule has 0 heterocycles. The van der Waals surface area contributed by atoms with E-state index in [0.29, 0.717) is 10.5 Å². The lowest BCUT2D eigenvalue weighted by Gasteiger charge is -2.07. The summed E-state index contributed by atoms with van der Waals surface area (Å²) >= 11 is 4.04. The summed E-state index contributed by atoms with van der Waals surface area (Å²) in [6, 6.07) is 8.11. The molecule has 2 aromatic rings. The molecule has 0 radical (unpaired) electrons. The highest BCUT2D eigenvalue weighted by atomic mass is 32.1. The van der Waals surface area contributed by atoms with Crippen molar-refractivity contribution in [1.82, 2.24) is 0 Å². The van der Waals surface area contributed by atoms with Crippen molar-refractivity contribution >= 4 is 29.9 Å². The molecule has 2 rings (SSSR count). The van der Waals surface area contributed by atoms with Gasteiger partial charge in [-0.1, -0.05) is 6.07 Å². The van der Waals surface area contributed by atoms with Gasteiger partial charge in [-0.25, -0.2) is 4.39 Å². The Morgan fingerprint density at radius 1 is 1.29 bits per heavy atom. The summed E-state index contributed by atoms with van der Waals surface area (Å²) in [7, 11) is 0. The van der Waals surface area contributed by atoms with Crippen LogP contribution in [0.15, 0.2) is 41.3 Å². The van der Waals surface area contributed by atoms with Crippen molar-refractivity contribution in [2.75, 3.05) is 5.32 Å². The van der Waals surface area contributed by atoms with Crippen molar-refractivity contribution in [1.29, 1.82) is 0 Å². The zero-order chi connectivity index (χ0) is 15.6. The number of nitrogens with zero attached hydrogens (tertiary/aromatic N) is 1. The Morgan fingerprint density at radius 3 is 2.67 bits per heavy atom. The molecule has 1 amide bonds. The molecule has 0 fully saturated rings. The fraction of sp³-hybridized carbons (Fsp3) is 0.0714. The molecule has 1 N–H and O–H groups in total. The van der Waals surface area contributed by atoms with Gasteiger partial charge in [0.2, 0.25) is 0 Å². The van der Waals surface area contributed by atoms with E-state index in [-0.39, 0.29) is 16.9 Å². The van der Waals surface area contributed by atoms with Crippen LogP contribution in [-0.2, 0) is 0 Å². The Morgan fingerprint density at radius 2 is 2.00 bits per heavy atom. The third-order valence-electron chi connectivity index (χ3n) is 2.86. The summed E-state index contributed by atoms with van der Waals surface area (Å²) in [5.41, 5.74) is 0.407. The van der Waals surface area contributed by atoms with Gasteiger partial charge in [-0.2, -0.15) is 0 Å². The number of thiol groups is 1. The van der Waals surface area contributed by atoms with Gasteiger partial charge in [-0.15, -0.1) is 12.6 Å². The topological polar surface area (TPSA) is 72.2 Å². The van der Waals surface area contributed by atoms with Crippen LogP contribution in [0.5, 0.6) is 0 Å². The molecule has 0 aromatic heterocycles. The molecular weight excluding hydrogens is 295 g/mol. The van der Waals surface area contributed by atoms with E-state index >= 15 is 0 Å². The third-order valence-corrected chi connectivity index (χ3v) is 3.14. The minimum absolute atomic E-state index is 0.115. The predicted octanol–water partition coefficient (Wildman–Crippen LogP) is 3.58. The van der Waals surface area contributed by atoms with Crippen molar-refractivity contribution in [3.63, 3.8) is 0 Å². The van der Waals surface area contributed by atoms with E-state index < -0.39 is 16.6 Å². The number of hydrogen-bond acceptors (Lipinski definition) is 4. The zero-order valence-corrected chi connectivity index (χ0v) is 11.9. The normalized spacial score (nSPS) is 10.2. The van der Waals surface area contributed by atoms with E-state index in [1.807, 2.05) is 0 Å². The molecule has 0 spiro atoms. The first-order chi connectivity index (χ1) is 9.88. The molecule has 0 unspecified atom stereocenters. The highest BCUT2D eigenvalue weighted by molar-refractivity contribution is 7.80. The largest absolute Gasteiger partial charge is 0.322 e. The fourth-order valence-electron chi connectivity index (χ4n) is 1.77. The maximum Gasteiger partial charge on any atom is 0.274 e. The van der Waals surface area contributed by atoms with Gasteiger partial charge in [0.25, 0.3) is 11.6 Å². The highest BCUT2D eigenvalue weighted by Crippen LogP contribution is 2.23. The van der Waals surface area contributed by atoms with Gasteiger partial charge in [0.15, 0.2) is 0 Å². The van der Waals surface area contributed by atoms with Crippen molar-refractivity contribution in [3.05, 3.63) is 63.5 Å². The van der Waals surface area contributed by atoms with E-state index in [0.717, 1.165) is 6.07 Å². The second-order valence-corrected chi connectivity index (χ2v) is 4.89. The van der Waals surface area contributed by atoms with E-state index in [9.17, 15) is 19.3 Å². The molecule has 21 heavy (non-hydrogen) atoms. The van der Waals surface area contributed by atoms with E-state index in [2.05, 4.69) is 17.9 Å². The Balaban J connectivity index is 2.29. The number of nitro groups is 1. The molecule has 5 nitrogen and oxygen atoms in total. The molecule has 0 bridgehead atoms. The number of amides is 1. The van der Waals surface area contributed by atoms with Crippen LogP contribution in [-0.4, -0.2) is 10.8 Å². The number of benzene rings is 2. The maximum atomic E-state index is 13.6. The average Bonchev–Trinajstić information content (AvgIpc) is 2.43. The number of carbonyl (C=O) groups excluding carboxylic acids is 1. The molecule has 108 valence electrons. The molecule has 0 saturated heterocycles. The SMILES string of the molecule is Cc1ccc(NC(=O)c2cc(S)ccc2F)cc1[N+](=O)[O-]. The van der Waals surface area contributed by atoms with Crippen LogP contribution >= 0.6 is 12.6 Å². The summed E-state index contributed by atoms with van der Waals surface area (Å²) in [4.78, 5) is 22.7. The lowest BCUT2D eigenvalue weighted by Crippen LogP contribution is -2.14. The number of aryl methyl sites for hydroxylation is 1. The average molecular weight is 306 g/mol. The third kappa shape index (κ3) is 3.38. The maximum absolute atomic E-state index is 13.6. The standard InChI is InChI=1S/C14H11FN2O3S/c1-8-2-3-9(6-13(8)17(19)20)16-14(18)11-7-10(21)4-5-12(11)15/h2-7,21H,1H3,(H,16,18). The zero-order valence-electron chi connectivity index (χ0n) is 11.0. The first-order valence-corrected chi connectivity index (χ1v) is 6.38. The van der Waals surface area contributed by atoms with Gasteiger partial charge in [-0.3, -0.25) is 14.9 Å². The van der Waals surface area contributed by atoms with E-state index in [4.69, 9.17) is 0 Å². The Kier molecular flexibility index (Phi) is 4.23. The molecule has 0 aliphatic rings. The lowest BCUT2D eigenvalue weighted by molar-refractivity contribution is -0.385. The van der Waals surface area contributed by atoms with Crippen LogP contribution < -0.4 is 5.32 Å². The van der Waals surface area contributed by atoms with Gasteiger partial charge in [0, 0.05) is 22.2 Å². The molecule has 0 atom stereocenters. The second kappa shape index (κ2) is 5.92. The Labute approximate surface area is 125 Å². The summed E-state index contributed by atoms with van der Waals surface area (Å²) in [6.45, 7) is 1.59. The van der Waals surface area contributed by atoms with E-state index in [1.54, 1.807) is 6.92 Å². The van der Waals surface area contributed by atoms with Gasteiger partial charge in [-0.05, 0) is 31.2 Å². The van der Waals surface area contributed by atoms with Crippen molar-refractivity contribution in [2.24, 2.45) is 0 Å². The number of rotatable bonds is 3. The van der Waals surface area contributed by atoms with Crippen LogP contribution in [0.25, 0.3) is 0 Å². The van der Waals surface area contributed by atoms with Gasteiger partial charge in [0.1, 0.15) is 5.82 Å². The number of halogens is 1. The first-order valence-electron chi connectivity index (χ1n) is 5.93. The minimum Gasteiger partial charge on any atom is -0.322 e. The van der Waals surface area contributed by atoms with Crippen LogP contribution in [0.2, 0.25) is 0 Å². The molecule has 7 heteroatoms. The molecule has 0 saturated carbocycles. The van der Waals surface area contributed by atoms with Crippen LogP contribution in [0.3, 0.4) is 0 Å². The second-order valence-electron chi connectivity index (χ2n) is 4.38. The highest BCUT2D eigenvalue weighted by Gasteiger charge is 2.15. The van der Waals surface area contributed by atoms with Crippen molar-refractivity contribution < 1.29 is 14.1 Å². The summed E-state index contributed by atoms with van der Waals surface area (Å²) in [5.74, 6) is -1.38. The minimum atomic E-state index is -0.693. The summed E-state index contributed by atoms with van der Waals surface area (Å²) in [6.07, 6.45) is 0. The Hall–Kier alpha value is -2.41. The van der Waals surface area contributed by atoms with Crippen LogP contribution in [0.4, 0.5) is 15.8 Å². The van der Waals surface area contributed by atoms with Gasteiger partial charge < -0.3 is 5.32 Å². The number of nitro benzene ring substituents is 1. The summed E-state index contributed by atoms with van der Waals surface area (Å²) < 4.78 is 13.6. The number of hydrogen-bond donors (Lipinski definition) is 2. The molecule has 0 aliphatic carbocycles.